The molecule has 3 rings (SSSR count). The molecular formula is C20H25ClN2O4. The van der Waals surface area contributed by atoms with E-state index in [2.05, 4.69) is 10.6 Å². The topological polar surface area (TPSA) is 87.7 Å². The van der Waals surface area contributed by atoms with Gasteiger partial charge in [0.2, 0.25) is 11.8 Å². The molecule has 0 aromatic heterocycles. The van der Waals surface area contributed by atoms with E-state index in [1.54, 1.807) is 12.1 Å². The fraction of sp³-hybridized carbons (Fsp3) is 0.500. The number of amides is 2. The molecule has 27 heavy (non-hydrogen) atoms. The number of nitrogens with one attached hydrogen (secondary N) is 2. The van der Waals surface area contributed by atoms with Gasteiger partial charge in [-0.1, -0.05) is 48.4 Å². The first-order valence-corrected chi connectivity index (χ1v) is 9.69. The Kier molecular flexibility index (Phi) is 6.88. The Morgan fingerprint density at radius 3 is 2.67 bits per heavy atom. The van der Waals surface area contributed by atoms with Crippen molar-refractivity contribution in [3.05, 3.63) is 47.0 Å². The van der Waals surface area contributed by atoms with Gasteiger partial charge in [0.25, 0.3) is 0 Å². The van der Waals surface area contributed by atoms with Crippen LogP contribution in [0, 0.1) is 5.92 Å². The summed E-state index contributed by atoms with van der Waals surface area (Å²) >= 11 is 6.08. The quantitative estimate of drug-likeness (QED) is 0.619. The molecule has 2 aliphatic rings. The first-order valence-electron chi connectivity index (χ1n) is 9.32. The molecule has 1 aliphatic carbocycles. The third-order valence-corrected chi connectivity index (χ3v) is 5.44. The monoisotopic (exact) mass is 392 g/mol. The molecule has 0 unspecified atom stereocenters. The molecule has 1 aromatic rings. The molecule has 0 bridgehead atoms. The van der Waals surface area contributed by atoms with E-state index in [0.29, 0.717) is 11.6 Å². The molecule has 1 aliphatic heterocycles. The van der Waals surface area contributed by atoms with Crippen LogP contribution in [0.5, 0.6) is 0 Å². The molecule has 3 atom stereocenters. The van der Waals surface area contributed by atoms with Gasteiger partial charge in [0.1, 0.15) is 6.10 Å². The maximum absolute atomic E-state index is 12.2. The first kappa shape index (κ1) is 19.9. The average Bonchev–Trinajstić information content (AvgIpc) is 2.60. The summed E-state index contributed by atoms with van der Waals surface area (Å²) in [5.41, 5.74) is 0.847. The van der Waals surface area contributed by atoms with E-state index in [9.17, 15) is 14.7 Å². The number of hydrogen-bond acceptors (Lipinski definition) is 4. The van der Waals surface area contributed by atoms with Crippen LogP contribution in [-0.2, 0) is 20.9 Å². The number of benzene rings is 1. The fourth-order valence-corrected chi connectivity index (χ4v) is 3.38. The van der Waals surface area contributed by atoms with Crippen molar-refractivity contribution in [2.75, 3.05) is 6.61 Å². The minimum absolute atomic E-state index is 0.00822. The van der Waals surface area contributed by atoms with Gasteiger partial charge in [-0.05, 0) is 24.5 Å². The van der Waals surface area contributed by atoms with Gasteiger partial charge in [-0.25, -0.2) is 0 Å². The van der Waals surface area contributed by atoms with Gasteiger partial charge in [-0.3, -0.25) is 9.59 Å². The van der Waals surface area contributed by atoms with Crippen molar-refractivity contribution in [1.82, 2.24) is 10.6 Å². The molecule has 0 saturated heterocycles. The van der Waals surface area contributed by atoms with Crippen LogP contribution in [0.1, 0.15) is 31.2 Å². The highest BCUT2D eigenvalue weighted by Gasteiger charge is 2.32. The van der Waals surface area contributed by atoms with Gasteiger partial charge in [0, 0.05) is 17.5 Å². The van der Waals surface area contributed by atoms with Crippen molar-refractivity contribution in [3.8, 4) is 0 Å². The smallest absolute Gasteiger partial charge is 0.223 e. The van der Waals surface area contributed by atoms with Gasteiger partial charge in [-0.15, -0.1) is 0 Å². The average molecular weight is 393 g/mol. The lowest BCUT2D eigenvalue weighted by atomic mass is 9.84. The Hall–Kier alpha value is -1.89. The van der Waals surface area contributed by atoms with Crippen molar-refractivity contribution >= 4 is 23.4 Å². The Balaban J connectivity index is 1.49. The second kappa shape index (κ2) is 9.35. The third-order valence-electron chi connectivity index (χ3n) is 5.07. The van der Waals surface area contributed by atoms with E-state index < -0.39 is 12.2 Å². The van der Waals surface area contributed by atoms with Crippen LogP contribution in [0.15, 0.2) is 36.4 Å². The van der Waals surface area contributed by atoms with Crippen molar-refractivity contribution in [2.45, 2.75) is 50.5 Å². The predicted molar refractivity (Wildman–Crippen MR) is 102 cm³/mol. The van der Waals surface area contributed by atoms with E-state index in [-0.39, 0.29) is 36.8 Å². The molecule has 1 heterocycles. The Bertz CT molecular complexity index is 705. The second-order valence-electron chi connectivity index (χ2n) is 7.01. The van der Waals surface area contributed by atoms with Crippen molar-refractivity contribution < 1.29 is 19.4 Å². The summed E-state index contributed by atoms with van der Waals surface area (Å²) < 4.78 is 5.79. The molecule has 2 amide bonds. The minimum atomic E-state index is -0.555. The molecule has 1 fully saturated rings. The van der Waals surface area contributed by atoms with Gasteiger partial charge in [-0.2, -0.15) is 0 Å². The zero-order valence-corrected chi connectivity index (χ0v) is 15.8. The molecule has 0 spiro atoms. The number of carbonyl (C=O) groups excluding carboxylic acids is 2. The molecule has 3 N–H and O–H groups in total. The zero-order valence-electron chi connectivity index (χ0n) is 15.1. The van der Waals surface area contributed by atoms with E-state index in [1.165, 1.54) is 0 Å². The third kappa shape index (κ3) is 5.31. The number of halogens is 1. The number of aliphatic hydroxyl groups excluding tert-OH is 1. The minimum Gasteiger partial charge on any atom is -0.394 e. The highest BCUT2D eigenvalue weighted by molar-refractivity contribution is 6.31. The SMILES string of the molecule is O=C(C[C@H]1C=C[C@H](NC(=O)C2CCC2)[C@H](CO)O1)NCc1ccccc1Cl. The Labute approximate surface area is 163 Å². The number of carbonyl (C=O) groups is 2. The highest BCUT2D eigenvalue weighted by Crippen LogP contribution is 2.27. The van der Waals surface area contributed by atoms with Crippen LogP contribution >= 0.6 is 11.6 Å². The summed E-state index contributed by atoms with van der Waals surface area (Å²) in [6.07, 6.45) is 5.65. The van der Waals surface area contributed by atoms with Crippen molar-refractivity contribution in [2.24, 2.45) is 5.92 Å². The molecule has 7 heteroatoms. The Morgan fingerprint density at radius 2 is 2.00 bits per heavy atom. The molecular weight excluding hydrogens is 368 g/mol. The number of rotatable bonds is 7. The molecule has 6 nitrogen and oxygen atoms in total. The van der Waals surface area contributed by atoms with Crippen LogP contribution < -0.4 is 10.6 Å². The van der Waals surface area contributed by atoms with Crippen molar-refractivity contribution in [3.63, 3.8) is 0 Å². The van der Waals surface area contributed by atoms with Crippen LogP contribution in [0.4, 0.5) is 0 Å². The van der Waals surface area contributed by atoms with Crippen LogP contribution in [0.3, 0.4) is 0 Å². The van der Waals surface area contributed by atoms with Crippen LogP contribution in [0.2, 0.25) is 5.02 Å². The van der Waals surface area contributed by atoms with Gasteiger partial charge >= 0.3 is 0 Å². The number of hydrogen-bond donors (Lipinski definition) is 3. The second-order valence-corrected chi connectivity index (χ2v) is 7.42. The fourth-order valence-electron chi connectivity index (χ4n) is 3.18. The first-order chi connectivity index (χ1) is 13.1. The van der Waals surface area contributed by atoms with E-state index in [1.807, 2.05) is 24.3 Å². The summed E-state index contributed by atoms with van der Waals surface area (Å²) in [6, 6.07) is 6.97. The van der Waals surface area contributed by atoms with E-state index in [4.69, 9.17) is 16.3 Å². The van der Waals surface area contributed by atoms with Crippen molar-refractivity contribution in [1.29, 1.82) is 0 Å². The molecule has 1 saturated carbocycles. The standard InChI is InChI=1S/C20H25ClN2O4/c21-16-7-2-1-4-14(16)11-22-19(25)10-15-8-9-17(18(12-24)27-15)23-20(26)13-5-3-6-13/h1-2,4,7-9,13,15,17-18,24H,3,5-6,10-12H2,(H,22,25)(H,23,26)/t15-,17+,18+/m1/s1. The van der Waals surface area contributed by atoms with Crippen LogP contribution in [-0.4, -0.2) is 41.8 Å². The largest absolute Gasteiger partial charge is 0.394 e. The number of aliphatic hydroxyl groups is 1. The summed E-state index contributed by atoms with van der Waals surface area (Å²) in [4.78, 5) is 24.3. The lowest BCUT2D eigenvalue weighted by Gasteiger charge is -2.33. The van der Waals surface area contributed by atoms with Gasteiger partial charge in [0.05, 0.1) is 25.2 Å². The molecule has 146 valence electrons. The van der Waals surface area contributed by atoms with E-state index >= 15 is 0 Å². The molecule has 0 radical (unpaired) electrons. The summed E-state index contributed by atoms with van der Waals surface area (Å²) in [5.74, 6) is -0.0850. The summed E-state index contributed by atoms with van der Waals surface area (Å²) in [6.45, 7) is 0.121. The van der Waals surface area contributed by atoms with E-state index in [0.717, 1.165) is 24.8 Å². The molecule has 1 aromatic carbocycles. The summed E-state index contributed by atoms with van der Waals surface area (Å²) in [7, 11) is 0. The van der Waals surface area contributed by atoms with Gasteiger partial charge < -0.3 is 20.5 Å². The number of ether oxygens (including phenoxy) is 1. The lowest BCUT2D eigenvalue weighted by molar-refractivity contribution is -0.132. The maximum Gasteiger partial charge on any atom is 0.223 e. The Morgan fingerprint density at radius 1 is 1.22 bits per heavy atom. The summed E-state index contributed by atoms with van der Waals surface area (Å²) in [5, 5.41) is 15.9. The highest BCUT2D eigenvalue weighted by atomic mass is 35.5. The zero-order chi connectivity index (χ0) is 19.2. The normalized spacial score (nSPS) is 24.9. The lowest BCUT2D eigenvalue weighted by Crippen LogP contribution is -2.51. The maximum atomic E-state index is 12.2. The van der Waals surface area contributed by atoms with Crippen LogP contribution in [0.25, 0.3) is 0 Å². The van der Waals surface area contributed by atoms with Gasteiger partial charge in [0.15, 0.2) is 0 Å². The predicted octanol–water partition coefficient (Wildman–Crippen LogP) is 1.95.